The SMILES string of the molecule is CCOC(=O)COc1cc2ncnc(Cl)c2cc1OCC(=O)OCC. The van der Waals surface area contributed by atoms with Crippen LogP contribution in [0.5, 0.6) is 11.5 Å². The number of carbonyl (C=O) groups excluding carboxylic acids is 2. The monoisotopic (exact) mass is 368 g/mol. The van der Waals surface area contributed by atoms with Crippen LogP contribution in [0.2, 0.25) is 5.15 Å². The second-order valence-electron chi connectivity index (χ2n) is 4.67. The number of benzene rings is 1. The Kier molecular flexibility index (Phi) is 6.76. The first-order valence-electron chi connectivity index (χ1n) is 7.56. The van der Waals surface area contributed by atoms with E-state index in [1.807, 2.05) is 0 Å². The predicted octanol–water partition coefficient (Wildman–Crippen LogP) is 2.17. The minimum absolute atomic E-state index is 0.210. The van der Waals surface area contributed by atoms with Gasteiger partial charge in [0.15, 0.2) is 24.7 Å². The maximum Gasteiger partial charge on any atom is 0.344 e. The van der Waals surface area contributed by atoms with Gasteiger partial charge in [0.25, 0.3) is 0 Å². The standard InChI is InChI=1S/C16H17ClN2O6/c1-3-22-14(20)7-24-12-5-10-11(18-9-19-16(10)17)6-13(12)25-8-15(21)23-4-2/h5-6,9H,3-4,7-8H2,1-2H3. The van der Waals surface area contributed by atoms with Gasteiger partial charge in [-0.15, -0.1) is 0 Å². The van der Waals surface area contributed by atoms with Crippen molar-refractivity contribution in [3.8, 4) is 11.5 Å². The van der Waals surface area contributed by atoms with Crippen LogP contribution in [0, 0.1) is 0 Å². The van der Waals surface area contributed by atoms with E-state index in [0.29, 0.717) is 10.9 Å². The lowest BCUT2D eigenvalue weighted by atomic mass is 10.2. The molecule has 0 amide bonds. The molecule has 9 heteroatoms. The van der Waals surface area contributed by atoms with Crippen LogP contribution in [-0.2, 0) is 19.1 Å². The van der Waals surface area contributed by atoms with E-state index in [1.165, 1.54) is 12.4 Å². The summed E-state index contributed by atoms with van der Waals surface area (Å²) in [4.78, 5) is 31.0. The third-order valence-corrected chi connectivity index (χ3v) is 3.26. The van der Waals surface area contributed by atoms with E-state index in [4.69, 9.17) is 30.5 Å². The number of rotatable bonds is 8. The first-order valence-corrected chi connectivity index (χ1v) is 7.94. The molecule has 25 heavy (non-hydrogen) atoms. The molecule has 0 N–H and O–H groups in total. The van der Waals surface area contributed by atoms with Crippen LogP contribution < -0.4 is 9.47 Å². The smallest absolute Gasteiger partial charge is 0.344 e. The molecule has 134 valence electrons. The molecule has 2 rings (SSSR count). The van der Waals surface area contributed by atoms with Gasteiger partial charge in [-0.3, -0.25) is 0 Å². The molecule has 8 nitrogen and oxygen atoms in total. The maximum atomic E-state index is 11.5. The van der Waals surface area contributed by atoms with Crippen LogP contribution in [0.15, 0.2) is 18.5 Å². The van der Waals surface area contributed by atoms with E-state index in [1.54, 1.807) is 19.9 Å². The molecule has 0 aliphatic carbocycles. The maximum absolute atomic E-state index is 11.5. The minimum Gasteiger partial charge on any atom is -0.478 e. The number of hydrogen-bond donors (Lipinski definition) is 0. The van der Waals surface area contributed by atoms with Crippen LogP contribution in [0.25, 0.3) is 10.9 Å². The number of aromatic nitrogens is 2. The van der Waals surface area contributed by atoms with Crippen molar-refractivity contribution in [2.24, 2.45) is 0 Å². The molecule has 2 aromatic rings. The summed E-state index contributed by atoms with van der Waals surface area (Å²) in [6.07, 6.45) is 1.30. The van der Waals surface area contributed by atoms with Crippen molar-refractivity contribution < 1.29 is 28.5 Å². The fourth-order valence-corrected chi connectivity index (χ4v) is 2.13. The van der Waals surface area contributed by atoms with Gasteiger partial charge in [0, 0.05) is 11.5 Å². The van der Waals surface area contributed by atoms with Gasteiger partial charge in [-0.2, -0.15) is 0 Å². The Balaban J connectivity index is 2.26. The topological polar surface area (TPSA) is 96.8 Å². The first-order chi connectivity index (χ1) is 12.0. The lowest BCUT2D eigenvalue weighted by Crippen LogP contribution is -2.17. The predicted molar refractivity (Wildman–Crippen MR) is 88.8 cm³/mol. The number of halogens is 1. The first kappa shape index (κ1) is 18.7. The Morgan fingerprint density at radius 2 is 1.52 bits per heavy atom. The third kappa shape index (κ3) is 5.18. The Labute approximate surface area is 149 Å². The molecule has 0 aliphatic rings. The average molecular weight is 369 g/mol. The van der Waals surface area contributed by atoms with E-state index < -0.39 is 11.9 Å². The van der Waals surface area contributed by atoms with Crippen LogP contribution in [0.1, 0.15) is 13.8 Å². The summed E-state index contributed by atoms with van der Waals surface area (Å²) in [5.74, 6) is -0.629. The largest absolute Gasteiger partial charge is 0.478 e. The van der Waals surface area contributed by atoms with Gasteiger partial charge in [-0.25, -0.2) is 19.6 Å². The number of fused-ring (bicyclic) bond motifs is 1. The summed E-state index contributed by atoms with van der Waals surface area (Å²) >= 11 is 6.05. The Hall–Kier alpha value is -2.61. The highest BCUT2D eigenvalue weighted by molar-refractivity contribution is 6.34. The molecule has 0 fully saturated rings. The van der Waals surface area contributed by atoms with E-state index in [0.717, 1.165) is 0 Å². The molecule has 0 radical (unpaired) electrons. The summed E-state index contributed by atoms with van der Waals surface area (Å²) in [5, 5.41) is 0.745. The van der Waals surface area contributed by atoms with Gasteiger partial charge in [0.1, 0.15) is 11.5 Å². The quantitative estimate of drug-likeness (QED) is 0.516. The lowest BCUT2D eigenvalue weighted by Gasteiger charge is -2.13. The highest BCUT2D eigenvalue weighted by Gasteiger charge is 2.15. The summed E-state index contributed by atoms with van der Waals surface area (Å²) in [6.45, 7) is 3.24. The summed E-state index contributed by atoms with van der Waals surface area (Å²) in [5.41, 5.74) is 0.502. The molecule has 0 saturated carbocycles. The summed E-state index contributed by atoms with van der Waals surface area (Å²) < 4.78 is 20.5. The fourth-order valence-electron chi connectivity index (χ4n) is 1.94. The average Bonchev–Trinajstić information content (AvgIpc) is 2.59. The molecule has 1 aromatic heterocycles. The molecular weight excluding hydrogens is 352 g/mol. The van der Waals surface area contributed by atoms with Crippen molar-refractivity contribution in [1.29, 1.82) is 0 Å². The zero-order chi connectivity index (χ0) is 18.2. The Bertz CT molecular complexity index is 768. The molecule has 0 spiro atoms. The van der Waals surface area contributed by atoms with Gasteiger partial charge in [0.2, 0.25) is 0 Å². The van der Waals surface area contributed by atoms with Crippen molar-refractivity contribution in [3.63, 3.8) is 0 Å². The summed E-state index contributed by atoms with van der Waals surface area (Å²) in [7, 11) is 0. The molecule has 1 aromatic carbocycles. The van der Waals surface area contributed by atoms with Crippen molar-refractivity contribution in [2.75, 3.05) is 26.4 Å². The van der Waals surface area contributed by atoms with Crippen molar-refractivity contribution in [3.05, 3.63) is 23.6 Å². The normalized spacial score (nSPS) is 10.4. The second kappa shape index (κ2) is 9.03. The highest BCUT2D eigenvalue weighted by Crippen LogP contribution is 2.34. The van der Waals surface area contributed by atoms with E-state index in [9.17, 15) is 9.59 Å². The van der Waals surface area contributed by atoms with Gasteiger partial charge in [0.05, 0.1) is 18.7 Å². The van der Waals surface area contributed by atoms with Gasteiger partial charge in [-0.05, 0) is 19.9 Å². The summed E-state index contributed by atoms with van der Waals surface area (Å²) in [6, 6.07) is 3.08. The molecular formula is C16H17ClN2O6. The molecule has 0 bridgehead atoms. The van der Waals surface area contributed by atoms with Crippen LogP contribution in [-0.4, -0.2) is 48.3 Å². The van der Waals surface area contributed by atoms with E-state index in [2.05, 4.69) is 9.97 Å². The molecule has 0 atom stereocenters. The molecule has 0 aliphatic heterocycles. The Morgan fingerprint density at radius 3 is 2.08 bits per heavy atom. The number of esters is 2. The number of ether oxygens (including phenoxy) is 4. The van der Waals surface area contributed by atoms with E-state index >= 15 is 0 Å². The molecule has 1 heterocycles. The van der Waals surface area contributed by atoms with Crippen molar-refractivity contribution >= 4 is 34.4 Å². The zero-order valence-corrected chi connectivity index (χ0v) is 14.5. The lowest BCUT2D eigenvalue weighted by molar-refractivity contribution is -0.146. The molecule has 0 saturated heterocycles. The van der Waals surface area contributed by atoms with Crippen molar-refractivity contribution in [1.82, 2.24) is 9.97 Å². The number of hydrogen-bond acceptors (Lipinski definition) is 8. The Morgan fingerprint density at radius 1 is 0.960 bits per heavy atom. The highest BCUT2D eigenvalue weighted by atomic mass is 35.5. The third-order valence-electron chi connectivity index (χ3n) is 2.95. The molecule has 0 unspecified atom stereocenters. The zero-order valence-electron chi connectivity index (χ0n) is 13.8. The number of carbonyl (C=O) groups is 2. The van der Waals surface area contributed by atoms with Gasteiger partial charge < -0.3 is 18.9 Å². The minimum atomic E-state index is -0.533. The van der Waals surface area contributed by atoms with Gasteiger partial charge in [-0.1, -0.05) is 11.6 Å². The fraction of sp³-hybridized carbons (Fsp3) is 0.375. The van der Waals surface area contributed by atoms with E-state index in [-0.39, 0.29) is 43.1 Å². The van der Waals surface area contributed by atoms with Crippen LogP contribution >= 0.6 is 11.6 Å². The second-order valence-corrected chi connectivity index (χ2v) is 5.03. The number of nitrogens with zero attached hydrogens (tertiary/aromatic N) is 2. The van der Waals surface area contributed by atoms with Crippen LogP contribution in [0.4, 0.5) is 0 Å². The van der Waals surface area contributed by atoms with Crippen LogP contribution in [0.3, 0.4) is 0 Å². The van der Waals surface area contributed by atoms with Crippen molar-refractivity contribution in [2.45, 2.75) is 13.8 Å². The van der Waals surface area contributed by atoms with Gasteiger partial charge >= 0.3 is 11.9 Å².